The van der Waals surface area contributed by atoms with Gasteiger partial charge < -0.3 is 5.32 Å². The minimum atomic E-state index is -0.205. The summed E-state index contributed by atoms with van der Waals surface area (Å²) in [6.45, 7) is 2.80. The molecule has 0 bridgehead atoms. The van der Waals surface area contributed by atoms with Crippen LogP contribution >= 0.6 is 43.2 Å². The third kappa shape index (κ3) is 2.85. The lowest BCUT2D eigenvalue weighted by Crippen LogP contribution is -2.22. The summed E-state index contributed by atoms with van der Waals surface area (Å²) in [6.07, 6.45) is 0. The van der Waals surface area contributed by atoms with Crippen LogP contribution in [0.25, 0.3) is 0 Å². The first-order valence-corrected chi connectivity index (χ1v) is 8.02. The average molecular weight is 393 g/mol. The van der Waals surface area contributed by atoms with Gasteiger partial charge in [-0.1, -0.05) is 19.1 Å². The fraction of sp³-hybridized carbons (Fsp3) is 0.231. The Morgan fingerprint density at radius 3 is 2.67 bits per heavy atom. The van der Waals surface area contributed by atoms with E-state index in [0.717, 1.165) is 15.9 Å². The van der Waals surface area contributed by atoms with Gasteiger partial charge in [0.2, 0.25) is 0 Å². The Morgan fingerprint density at radius 1 is 1.28 bits per heavy atom. The zero-order valence-corrected chi connectivity index (χ0v) is 13.7. The Bertz CT molecular complexity index is 542. The van der Waals surface area contributed by atoms with Crippen LogP contribution in [-0.2, 0) is 0 Å². The van der Waals surface area contributed by atoms with E-state index in [1.807, 2.05) is 30.5 Å². The summed E-state index contributed by atoms with van der Waals surface area (Å²) in [4.78, 5) is 1.09. The molecule has 2 aromatic rings. The summed E-state index contributed by atoms with van der Waals surface area (Å²) < 4.78 is 15.7. The van der Waals surface area contributed by atoms with E-state index in [1.165, 1.54) is 0 Å². The van der Waals surface area contributed by atoms with Gasteiger partial charge in [0.05, 0.1) is 10.5 Å². The molecule has 0 saturated carbocycles. The van der Waals surface area contributed by atoms with Crippen LogP contribution < -0.4 is 5.32 Å². The summed E-state index contributed by atoms with van der Waals surface area (Å²) in [7, 11) is 0. The fourth-order valence-electron chi connectivity index (χ4n) is 1.80. The molecule has 0 aliphatic carbocycles. The molecule has 0 amide bonds. The largest absolute Gasteiger partial charge is 0.306 e. The predicted octanol–water partition coefficient (Wildman–Crippen LogP) is 5.11. The van der Waals surface area contributed by atoms with Crippen LogP contribution in [-0.4, -0.2) is 6.54 Å². The lowest BCUT2D eigenvalue weighted by atomic mass is 10.0. The second kappa shape index (κ2) is 6.28. The van der Waals surface area contributed by atoms with Gasteiger partial charge >= 0.3 is 0 Å². The van der Waals surface area contributed by atoms with Gasteiger partial charge in [0, 0.05) is 14.9 Å². The van der Waals surface area contributed by atoms with Crippen molar-refractivity contribution in [2.24, 2.45) is 0 Å². The van der Waals surface area contributed by atoms with Gasteiger partial charge in [-0.05, 0) is 55.9 Å². The molecular formula is C13H12Br2FNS. The third-order valence-electron chi connectivity index (χ3n) is 2.61. The summed E-state index contributed by atoms with van der Waals surface area (Å²) in [5, 5.41) is 5.33. The maximum atomic E-state index is 14.2. The van der Waals surface area contributed by atoms with E-state index in [-0.39, 0.29) is 11.9 Å². The Balaban J connectivity index is 2.48. The van der Waals surface area contributed by atoms with Gasteiger partial charge in [-0.2, -0.15) is 0 Å². The number of hydrogen-bond donors (Lipinski definition) is 1. The summed E-state index contributed by atoms with van der Waals surface area (Å²) in [6, 6.07) is 7.25. The number of hydrogen-bond acceptors (Lipinski definition) is 2. The topological polar surface area (TPSA) is 12.0 Å². The minimum absolute atomic E-state index is 0.123. The van der Waals surface area contributed by atoms with E-state index < -0.39 is 0 Å². The molecule has 1 N–H and O–H groups in total. The van der Waals surface area contributed by atoms with Crippen molar-refractivity contribution < 1.29 is 4.39 Å². The van der Waals surface area contributed by atoms with E-state index in [2.05, 4.69) is 37.2 Å². The minimum Gasteiger partial charge on any atom is -0.306 e. The van der Waals surface area contributed by atoms with Gasteiger partial charge in [-0.3, -0.25) is 0 Å². The molecule has 0 radical (unpaired) electrons. The van der Waals surface area contributed by atoms with Gasteiger partial charge in [-0.15, -0.1) is 11.3 Å². The molecule has 0 fully saturated rings. The highest BCUT2D eigenvalue weighted by molar-refractivity contribution is 9.10. The molecule has 0 aliphatic heterocycles. The molecule has 18 heavy (non-hydrogen) atoms. The van der Waals surface area contributed by atoms with E-state index >= 15 is 0 Å². The van der Waals surface area contributed by atoms with Crippen molar-refractivity contribution in [3.05, 3.63) is 54.8 Å². The van der Waals surface area contributed by atoms with Crippen molar-refractivity contribution in [2.45, 2.75) is 13.0 Å². The van der Waals surface area contributed by atoms with Crippen LogP contribution in [0, 0.1) is 5.82 Å². The Morgan fingerprint density at radius 2 is 2.06 bits per heavy atom. The van der Waals surface area contributed by atoms with E-state index in [0.29, 0.717) is 10.0 Å². The Hall–Kier alpha value is -0.230. The van der Waals surface area contributed by atoms with Crippen molar-refractivity contribution in [2.75, 3.05) is 6.54 Å². The molecule has 0 saturated heterocycles. The molecule has 0 aliphatic rings. The number of thiophene rings is 1. The highest BCUT2D eigenvalue weighted by Crippen LogP contribution is 2.35. The molecule has 1 nitrogen and oxygen atoms in total. The maximum absolute atomic E-state index is 14.2. The Labute approximate surface area is 127 Å². The zero-order chi connectivity index (χ0) is 13.1. The molecule has 1 aromatic heterocycles. The standard InChI is InChI=1S/C13H12Br2FNS/c1-2-17-12(13-10(15)6-7-18-13)8-4-3-5-9(14)11(8)16/h3-7,12,17H,2H2,1H3. The molecular weight excluding hydrogens is 381 g/mol. The maximum Gasteiger partial charge on any atom is 0.142 e. The molecule has 0 spiro atoms. The highest BCUT2D eigenvalue weighted by Gasteiger charge is 2.21. The molecule has 2 rings (SSSR count). The van der Waals surface area contributed by atoms with E-state index in [4.69, 9.17) is 0 Å². The summed E-state index contributed by atoms with van der Waals surface area (Å²) in [5.41, 5.74) is 0.661. The second-order valence-electron chi connectivity index (χ2n) is 3.77. The SMILES string of the molecule is CCNC(c1cccc(Br)c1F)c1sccc1Br. The van der Waals surface area contributed by atoms with Crippen LogP contribution in [0.4, 0.5) is 4.39 Å². The smallest absolute Gasteiger partial charge is 0.142 e. The van der Waals surface area contributed by atoms with Crippen molar-refractivity contribution in [3.8, 4) is 0 Å². The molecule has 96 valence electrons. The molecule has 1 atom stereocenters. The Kier molecular flexibility index (Phi) is 4.95. The van der Waals surface area contributed by atoms with Crippen molar-refractivity contribution in [1.82, 2.24) is 5.32 Å². The first-order valence-electron chi connectivity index (χ1n) is 5.55. The summed E-state index contributed by atoms with van der Waals surface area (Å²) >= 11 is 8.37. The van der Waals surface area contributed by atoms with Gasteiger partial charge in [0.15, 0.2) is 0 Å². The van der Waals surface area contributed by atoms with E-state index in [1.54, 1.807) is 17.4 Å². The number of benzene rings is 1. The highest BCUT2D eigenvalue weighted by atomic mass is 79.9. The van der Waals surface area contributed by atoms with Gasteiger partial charge in [0.25, 0.3) is 0 Å². The molecule has 1 aromatic carbocycles. The van der Waals surface area contributed by atoms with E-state index in [9.17, 15) is 4.39 Å². The van der Waals surface area contributed by atoms with Crippen LogP contribution in [0.15, 0.2) is 38.6 Å². The monoisotopic (exact) mass is 391 g/mol. The first kappa shape index (κ1) is 14.2. The van der Waals surface area contributed by atoms with Crippen LogP contribution in [0.3, 0.4) is 0 Å². The lowest BCUT2D eigenvalue weighted by molar-refractivity contribution is 0.558. The summed E-state index contributed by atoms with van der Waals surface area (Å²) in [5.74, 6) is -0.205. The first-order chi connectivity index (χ1) is 8.65. The van der Waals surface area contributed by atoms with Crippen LogP contribution in [0.1, 0.15) is 23.4 Å². The van der Waals surface area contributed by atoms with Crippen LogP contribution in [0.5, 0.6) is 0 Å². The third-order valence-corrected chi connectivity index (χ3v) is 5.16. The predicted molar refractivity (Wildman–Crippen MR) is 81.6 cm³/mol. The van der Waals surface area contributed by atoms with Gasteiger partial charge in [-0.25, -0.2) is 4.39 Å². The normalized spacial score (nSPS) is 12.7. The number of rotatable bonds is 4. The fourth-order valence-corrected chi connectivity index (χ4v) is 3.88. The van der Waals surface area contributed by atoms with Crippen molar-refractivity contribution >= 4 is 43.2 Å². The van der Waals surface area contributed by atoms with Crippen molar-refractivity contribution in [3.63, 3.8) is 0 Å². The van der Waals surface area contributed by atoms with Gasteiger partial charge in [0.1, 0.15) is 5.82 Å². The number of nitrogens with one attached hydrogen (secondary N) is 1. The quantitative estimate of drug-likeness (QED) is 0.762. The van der Waals surface area contributed by atoms with Crippen LogP contribution in [0.2, 0.25) is 0 Å². The lowest BCUT2D eigenvalue weighted by Gasteiger charge is -2.19. The van der Waals surface area contributed by atoms with Crippen molar-refractivity contribution in [1.29, 1.82) is 0 Å². The molecule has 5 heteroatoms. The molecule has 1 unspecified atom stereocenters. The second-order valence-corrected chi connectivity index (χ2v) is 6.42. The zero-order valence-electron chi connectivity index (χ0n) is 9.71. The number of halogens is 3. The average Bonchev–Trinajstić information content (AvgIpc) is 2.76. The molecule has 1 heterocycles.